The zero-order chi connectivity index (χ0) is 12.6. The monoisotopic (exact) mass is 252 g/mol. The molecule has 0 radical (unpaired) electrons. The Hall–Kier alpha value is -0.610. The number of aliphatic carboxylic acids is 1. The number of carboxylic acid groups (broad SMARTS) is 1. The van der Waals surface area contributed by atoms with Crippen LogP contribution in [0.2, 0.25) is 0 Å². The number of nitrogens with zero attached hydrogens (tertiary/aromatic N) is 2. The second kappa shape index (κ2) is 4.82. The summed E-state index contributed by atoms with van der Waals surface area (Å²) in [5.41, 5.74) is -0.0607. The van der Waals surface area contributed by atoms with Gasteiger partial charge in [0.25, 0.3) is 0 Å². The van der Waals surface area contributed by atoms with E-state index in [0.29, 0.717) is 6.42 Å². The fraction of sp³-hybridized carbons (Fsp3) is 0.929. The Bertz CT molecular complexity index is 324. The molecule has 1 saturated carbocycles. The highest BCUT2D eigenvalue weighted by Crippen LogP contribution is 2.39. The van der Waals surface area contributed by atoms with Gasteiger partial charge in [-0.15, -0.1) is 0 Å². The average Bonchev–Trinajstić information content (AvgIpc) is 3.13. The van der Waals surface area contributed by atoms with Gasteiger partial charge in [-0.3, -0.25) is 14.6 Å². The van der Waals surface area contributed by atoms with E-state index in [9.17, 15) is 9.90 Å². The van der Waals surface area contributed by atoms with Gasteiger partial charge in [-0.2, -0.15) is 0 Å². The maximum atomic E-state index is 11.3. The highest BCUT2D eigenvalue weighted by Gasteiger charge is 2.47. The molecule has 0 bridgehead atoms. The van der Waals surface area contributed by atoms with Gasteiger partial charge >= 0.3 is 5.97 Å². The molecule has 2 saturated heterocycles. The summed E-state index contributed by atoms with van der Waals surface area (Å²) >= 11 is 0. The fourth-order valence-electron chi connectivity index (χ4n) is 3.80. The minimum atomic E-state index is -0.627. The van der Waals surface area contributed by atoms with Crippen LogP contribution in [-0.2, 0) is 4.79 Å². The third-order valence-electron chi connectivity index (χ3n) is 4.93. The molecule has 102 valence electrons. The first-order valence-electron chi connectivity index (χ1n) is 7.41. The number of likely N-dealkylation sites (tertiary alicyclic amines) is 2. The summed E-state index contributed by atoms with van der Waals surface area (Å²) in [4.78, 5) is 16.3. The molecule has 3 aliphatic rings. The van der Waals surface area contributed by atoms with E-state index in [1.807, 2.05) is 0 Å². The zero-order valence-corrected chi connectivity index (χ0v) is 11.1. The number of piperidine rings is 1. The van der Waals surface area contributed by atoms with Gasteiger partial charge in [-0.05, 0) is 45.2 Å². The van der Waals surface area contributed by atoms with Crippen molar-refractivity contribution in [3.05, 3.63) is 0 Å². The molecular formula is C14H24N2O2. The summed E-state index contributed by atoms with van der Waals surface area (Å²) in [5, 5.41) is 9.27. The van der Waals surface area contributed by atoms with Crippen LogP contribution in [0.1, 0.15) is 44.9 Å². The van der Waals surface area contributed by atoms with Crippen molar-refractivity contribution in [2.45, 2.75) is 56.5 Å². The Balaban J connectivity index is 1.73. The van der Waals surface area contributed by atoms with Crippen LogP contribution in [0.15, 0.2) is 0 Å². The molecule has 0 aromatic heterocycles. The molecule has 2 heterocycles. The van der Waals surface area contributed by atoms with Crippen LogP contribution >= 0.6 is 0 Å². The summed E-state index contributed by atoms with van der Waals surface area (Å²) in [5.74, 6) is -0.627. The van der Waals surface area contributed by atoms with E-state index >= 15 is 0 Å². The lowest BCUT2D eigenvalue weighted by molar-refractivity contribution is -0.140. The van der Waals surface area contributed by atoms with E-state index in [-0.39, 0.29) is 5.54 Å². The van der Waals surface area contributed by atoms with Crippen molar-refractivity contribution < 1.29 is 9.90 Å². The Morgan fingerprint density at radius 2 is 1.89 bits per heavy atom. The maximum absolute atomic E-state index is 11.3. The van der Waals surface area contributed by atoms with Gasteiger partial charge in [0.05, 0.1) is 6.42 Å². The second-order valence-electron chi connectivity index (χ2n) is 6.29. The predicted molar refractivity (Wildman–Crippen MR) is 69.6 cm³/mol. The number of hydrogen-bond acceptors (Lipinski definition) is 3. The van der Waals surface area contributed by atoms with Crippen LogP contribution in [0.25, 0.3) is 0 Å². The Morgan fingerprint density at radius 3 is 2.50 bits per heavy atom. The van der Waals surface area contributed by atoms with Crippen LogP contribution in [0.3, 0.4) is 0 Å². The summed E-state index contributed by atoms with van der Waals surface area (Å²) in [6.45, 7) is 4.30. The van der Waals surface area contributed by atoms with Gasteiger partial charge in [0.2, 0.25) is 0 Å². The van der Waals surface area contributed by atoms with Gasteiger partial charge in [0.1, 0.15) is 0 Å². The minimum Gasteiger partial charge on any atom is -0.481 e. The quantitative estimate of drug-likeness (QED) is 0.824. The maximum Gasteiger partial charge on any atom is 0.305 e. The zero-order valence-electron chi connectivity index (χ0n) is 11.1. The number of rotatable bonds is 4. The van der Waals surface area contributed by atoms with Crippen LogP contribution in [-0.4, -0.2) is 58.6 Å². The fourth-order valence-corrected chi connectivity index (χ4v) is 3.80. The molecule has 1 unspecified atom stereocenters. The second-order valence-corrected chi connectivity index (χ2v) is 6.29. The van der Waals surface area contributed by atoms with Crippen LogP contribution in [0.5, 0.6) is 0 Å². The van der Waals surface area contributed by atoms with E-state index in [1.165, 1.54) is 32.1 Å². The van der Waals surface area contributed by atoms with E-state index in [0.717, 1.165) is 38.6 Å². The Morgan fingerprint density at radius 1 is 1.17 bits per heavy atom. The van der Waals surface area contributed by atoms with E-state index in [2.05, 4.69) is 9.80 Å². The molecule has 0 aromatic carbocycles. The number of hydrogen-bond donors (Lipinski definition) is 1. The molecule has 3 rings (SSSR count). The molecule has 0 amide bonds. The van der Waals surface area contributed by atoms with E-state index < -0.39 is 5.97 Å². The highest BCUT2D eigenvalue weighted by atomic mass is 16.4. The molecule has 0 aromatic rings. The first kappa shape index (κ1) is 12.4. The molecule has 0 spiro atoms. The lowest BCUT2D eigenvalue weighted by atomic mass is 9.89. The summed E-state index contributed by atoms with van der Waals surface area (Å²) in [7, 11) is 0. The largest absolute Gasteiger partial charge is 0.481 e. The number of carboxylic acids is 1. The first-order chi connectivity index (χ1) is 8.70. The average molecular weight is 252 g/mol. The Kier molecular flexibility index (Phi) is 3.32. The van der Waals surface area contributed by atoms with E-state index in [1.54, 1.807) is 0 Å². The van der Waals surface area contributed by atoms with E-state index in [4.69, 9.17) is 0 Å². The summed E-state index contributed by atoms with van der Waals surface area (Å²) in [6.07, 6.45) is 7.82. The van der Waals surface area contributed by atoms with Crippen molar-refractivity contribution >= 4 is 5.97 Å². The third kappa shape index (κ3) is 2.41. The molecule has 1 atom stereocenters. The predicted octanol–water partition coefficient (Wildman–Crippen LogP) is 1.55. The van der Waals surface area contributed by atoms with Crippen molar-refractivity contribution in [3.8, 4) is 0 Å². The standard InChI is InChI=1S/C14H24N2O2/c17-13(18)10-14(16-7-2-1-3-8-16)6-9-15(11-14)12-4-5-12/h12H,1-11H2,(H,17,18). The summed E-state index contributed by atoms with van der Waals surface area (Å²) < 4.78 is 0. The van der Waals surface area contributed by atoms with Crippen molar-refractivity contribution in [1.82, 2.24) is 9.80 Å². The van der Waals surface area contributed by atoms with Crippen molar-refractivity contribution in [2.75, 3.05) is 26.2 Å². The molecule has 4 heteroatoms. The van der Waals surface area contributed by atoms with Crippen molar-refractivity contribution in [1.29, 1.82) is 0 Å². The molecular weight excluding hydrogens is 228 g/mol. The highest BCUT2D eigenvalue weighted by molar-refractivity contribution is 5.68. The molecule has 4 nitrogen and oxygen atoms in total. The molecule has 18 heavy (non-hydrogen) atoms. The van der Waals surface area contributed by atoms with Crippen molar-refractivity contribution in [3.63, 3.8) is 0 Å². The lowest BCUT2D eigenvalue weighted by Crippen LogP contribution is -2.54. The first-order valence-corrected chi connectivity index (χ1v) is 7.41. The van der Waals surface area contributed by atoms with Gasteiger partial charge in [0, 0.05) is 24.7 Å². The molecule has 1 aliphatic carbocycles. The van der Waals surface area contributed by atoms with Crippen LogP contribution < -0.4 is 0 Å². The topological polar surface area (TPSA) is 43.8 Å². The van der Waals surface area contributed by atoms with Gasteiger partial charge in [0.15, 0.2) is 0 Å². The molecule has 3 fully saturated rings. The Labute approximate surface area is 109 Å². The molecule has 1 N–H and O–H groups in total. The van der Waals surface area contributed by atoms with Crippen LogP contribution in [0, 0.1) is 0 Å². The summed E-state index contributed by atoms with van der Waals surface area (Å²) in [6, 6.07) is 0.769. The van der Waals surface area contributed by atoms with Gasteiger partial charge in [-0.25, -0.2) is 0 Å². The normalized spacial score (nSPS) is 34.9. The lowest BCUT2D eigenvalue weighted by Gasteiger charge is -2.42. The van der Waals surface area contributed by atoms with Crippen LogP contribution in [0.4, 0.5) is 0 Å². The third-order valence-corrected chi connectivity index (χ3v) is 4.93. The SMILES string of the molecule is O=C(O)CC1(N2CCCCC2)CCN(C2CC2)C1. The molecule has 2 aliphatic heterocycles. The van der Waals surface area contributed by atoms with Crippen molar-refractivity contribution in [2.24, 2.45) is 0 Å². The van der Waals surface area contributed by atoms with Gasteiger partial charge < -0.3 is 5.11 Å². The number of carbonyl (C=O) groups is 1. The van der Waals surface area contributed by atoms with Gasteiger partial charge in [-0.1, -0.05) is 6.42 Å². The minimum absolute atomic E-state index is 0.0607. The smallest absolute Gasteiger partial charge is 0.305 e.